The largest absolute Gasteiger partial charge is 0.465 e. The molecule has 1 aromatic carbocycles. The average molecular weight is 485 g/mol. The molecule has 1 aliphatic rings. The second-order valence-corrected chi connectivity index (χ2v) is 10.1. The zero-order valence-electron chi connectivity index (χ0n) is 18.3. The van der Waals surface area contributed by atoms with Crippen LogP contribution in [0.2, 0.25) is 0 Å². The van der Waals surface area contributed by atoms with Gasteiger partial charge in [-0.1, -0.05) is 6.07 Å². The number of fused-ring (bicyclic) bond motifs is 1. The van der Waals surface area contributed by atoms with Gasteiger partial charge in [0.05, 0.1) is 24.2 Å². The first-order valence-corrected chi connectivity index (χ1v) is 12.3. The highest BCUT2D eigenvalue weighted by Crippen LogP contribution is 2.39. The van der Waals surface area contributed by atoms with E-state index < -0.39 is 11.2 Å². The van der Waals surface area contributed by atoms with Gasteiger partial charge in [-0.2, -0.15) is 0 Å². The minimum Gasteiger partial charge on any atom is -0.465 e. The molecule has 1 unspecified atom stereocenters. The Balaban J connectivity index is 1.44. The molecule has 3 aromatic rings. The zero-order chi connectivity index (χ0) is 23.4. The van der Waals surface area contributed by atoms with E-state index in [2.05, 4.69) is 10.6 Å². The number of aryl methyl sites for hydroxylation is 1. The molecule has 33 heavy (non-hydrogen) atoms. The Morgan fingerprint density at radius 2 is 1.94 bits per heavy atom. The van der Waals surface area contributed by atoms with Crippen molar-refractivity contribution in [2.45, 2.75) is 42.8 Å². The van der Waals surface area contributed by atoms with Gasteiger partial charge in [0, 0.05) is 15.5 Å². The van der Waals surface area contributed by atoms with E-state index >= 15 is 0 Å². The number of amides is 2. The summed E-state index contributed by atoms with van der Waals surface area (Å²) in [7, 11) is 1.36. The van der Waals surface area contributed by atoms with E-state index in [4.69, 9.17) is 9.15 Å². The summed E-state index contributed by atoms with van der Waals surface area (Å²) in [4.78, 5) is 39.5. The lowest BCUT2D eigenvalue weighted by Crippen LogP contribution is -2.23. The number of hydrogen-bond donors (Lipinski definition) is 2. The van der Waals surface area contributed by atoms with E-state index in [9.17, 15) is 14.4 Å². The molecule has 0 bridgehead atoms. The molecule has 7 nitrogen and oxygen atoms in total. The summed E-state index contributed by atoms with van der Waals surface area (Å²) < 4.78 is 10.1. The number of nitrogens with one attached hydrogen (secondary N) is 2. The number of thioether (sulfide) groups is 1. The molecule has 0 fully saturated rings. The fourth-order valence-electron chi connectivity index (χ4n) is 3.69. The number of carbonyl (C=O) groups excluding carboxylic acids is 3. The maximum absolute atomic E-state index is 13.0. The standard InChI is InChI=1S/C24H24N2O5S2/c1-14(32-16-8-5-7-15(13-16)25-22(28)18-10-6-12-31-18)21(27)26-23-20(24(29)30-2)17-9-3-4-11-19(17)33-23/h5-8,10,12-14H,3-4,9,11H2,1-2H3,(H,25,28)(H,26,27). The number of anilines is 2. The summed E-state index contributed by atoms with van der Waals surface area (Å²) in [6, 6.07) is 10.5. The molecule has 2 amide bonds. The van der Waals surface area contributed by atoms with Gasteiger partial charge in [-0.3, -0.25) is 9.59 Å². The minimum atomic E-state index is -0.425. The second-order valence-electron chi connectivity index (χ2n) is 7.62. The lowest BCUT2D eigenvalue weighted by molar-refractivity contribution is -0.115. The molecule has 0 spiro atoms. The van der Waals surface area contributed by atoms with E-state index in [1.54, 1.807) is 31.2 Å². The number of furan rings is 1. The van der Waals surface area contributed by atoms with Crippen LogP contribution in [0.25, 0.3) is 0 Å². The third kappa shape index (κ3) is 5.31. The summed E-state index contributed by atoms with van der Waals surface area (Å²) in [5.41, 5.74) is 2.10. The molecule has 1 atom stereocenters. The normalized spacial score (nSPS) is 13.6. The van der Waals surface area contributed by atoms with Gasteiger partial charge < -0.3 is 19.8 Å². The van der Waals surface area contributed by atoms with Crippen molar-refractivity contribution < 1.29 is 23.5 Å². The molecule has 1 aliphatic carbocycles. The predicted octanol–water partition coefficient (Wildman–Crippen LogP) is 5.38. The van der Waals surface area contributed by atoms with Crippen molar-refractivity contribution >= 4 is 51.6 Å². The Kier molecular flexibility index (Phi) is 7.20. The summed E-state index contributed by atoms with van der Waals surface area (Å²) >= 11 is 2.83. The molecule has 0 radical (unpaired) electrons. The topological polar surface area (TPSA) is 97.6 Å². The molecule has 9 heteroatoms. The molecule has 4 rings (SSSR count). The summed E-state index contributed by atoms with van der Waals surface area (Å²) in [6.07, 6.45) is 5.30. The molecular weight excluding hydrogens is 460 g/mol. The first kappa shape index (κ1) is 23.1. The third-order valence-electron chi connectivity index (χ3n) is 5.32. The van der Waals surface area contributed by atoms with Crippen LogP contribution < -0.4 is 10.6 Å². The average Bonchev–Trinajstić information content (AvgIpc) is 3.47. The number of methoxy groups -OCH3 is 1. The van der Waals surface area contributed by atoms with Crippen LogP contribution in [0.4, 0.5) is 10.7 Å². The Hall–Kier alpha value is -3.04. The number of thiophene rings is 1. The molecule has 172 valence electrons. The van der Waals surface area contributed by atoms with E-state index in [0.717, 1.165) is 41.0 Å². The Morgan fingerprint density at radius 3 is 2.70 bits per heavy atom. The number of ether oxygens (including phenoxy) is 1. The fraction of sp³-hybridized carbons (Fsp3) is 0.292. The lowest BCUT2D eigenvalue weighted by atomic mass is 9.95. The molecule has 2 N–H and O–H groups in total. The van der Waals surface area contributed by atoms with Crippen molar-refractivity contribution in [1.82, 2.24) is 0 Å². The van der Waals surface area contributed by atoms with E-state index in [1.807, 2.05) is 12.1 Å². The molecule has 0 saturated heterocycles. The summed E-state index contributed by atoms with van der Waals surface area (Å²) in [5, 5.41) is 5.86. The zero-order valence-corrected chi connectivity index (χ0v) is 19.9. The highest BCUT2D eigenvalue weighted by Gasteiger charge is 2.28. The van der Waals surface area contributed by atoms with Gasteiger partial charge in [-0.05, 0) is 68.5 Å². The monoisotopic (exact) mass is 484 g/mol. The van der Waals surface area contributed by atoms with Gasteiger partial charge in [0.1, 0.15) is 5.00 Å². The fourth-order valence-corrected chi connectivity index (χ4v) is 5.90. The Labute approximate surface area is 199 Å². The van der Waals surface area contributed by atoms with Gasteiger partial charge in [0.25, 0.3) is 5.91 Å². The number of rotatable bonds is 7. The van der Waals surface area contributed by atoms with Gasteiger partial charge in [-0.15, -0.1) is 23.1 Å². The smallest absolute Gasteiger partial charge is 0.341 e. The Bertz CT molecular complexity index is 1170. The minimum absolute atomic E-state index is 0.200. The van der Waals surface area contributed by atoms with Crippen LogP contribution >= 0.6 is 23.1 Å². The maximum atomic E-state index is 13.0. The molecule has 0 saturated carbocycles. The number of hydrogen-bond acceptors (Lipinski definition) is 7. The van der Waals surface area contributed by atoms with Crippen molar-refractivity contribution in [1.29, 1.82) is 0 Å². The van der Waals surface area contributed by atoms with E-state index in [1.165, 1.54) is 36.5 Å². The highest BCUT2D eigenvalue weighted by atomic mass is 32.2. The molecule has 2 aromatic heterocycles. The quantitative estimate of drug-likeness (QED) is 0.345. The van der Waals surface area contributed by atoms with Gasteiger partial charge in [0.2, 0.25) is 5.91 Å². The third-order valence-corrected chi connectivity index (χ3v) is 7.62. The van der Waals surface area contributed by atoms with Crippen LogP contribution in [0, 0.1) is 0 Å². The SMILES string of the molecule is COC(=O)c1c(NC(=O)C(C)Sc2cccc(NC(=O)c3ccco3)c2)sc2c1CCCC2. The van der Waals surface area contributed by atoms with Crippen LogP contribution in [0.3, 0.4) is 0 Å². The van der Waals surface area contributed by atoms with Crippen molar-refractivity contribution in [2.75, 3.05) is 17.7 Å². The van der Waals surface area contributed by atoms with Crippen molar-refractivity contribution in [2.24, 2.45) is 0 Å². The van der Waals surface area contributed by atoms with Crippen LogP contribution in [0.5, 0.6) is 0 Å². The summed E-state index contributed by atoms with van der Waals surface area (Å²) in [5.74, 6) is -0.732. The van der Waals surface area contributed by atoms with Gasteiger partial charge in [-0.25, -0.2) is 4.79 Å². The van der Waals surface area contributed by atoms with Crippen LogP contribution in [0.1, 0.15) is 51.1 Å². The van der Waals surface area contributed by atoms with Crippen molar-refractivity contribution in [3.63, 3.8) is 0 Å². The molecular formula is C24H24N2O5S2. The van der Waals surface area contributed by atoms with E-state index in [-0.39, 0.29) is 17.6 Å². The molecule has 2 heterocycles. The second kappa shape index (κ2) is 10.3. The van der Waals surface area contributed by atoms with E-state index in [0.29, 0.717) is 16.3 Å². The van der Waals surface area contributed by atoms with Crippen LogP contribution in [-0.2, 0) is 22.4 Å². The maximum Gasteiger partial charge on any atom is 0.341 e. The van der Waals surface area contributed by atoms with Crippen molar-refractivity contribution in [3.8, 4) is 0 Å². The molecule has 0 aliphatic heterocycles. The summed E-state index contributed by atoms with van der Waals surface area (Å²) in [6.45, 7) is 1.80. The van der Waals surface area contributed by atoms with Gasteiger partial charge >= 0.3 is 5.97 Å². The number of benzene rings is 1. The number of esters is 1. The number of carbonyl (C=O) groups is 3. The highest BCUT2D eigenvalue weighted by molar-refractivity contribution is 8.00. The lowest BCUT2D eigenvalue weighted by Gasteiger charge is -2.13. The first-order chi connectivity index (χ1) is 16.0. The van der Waals surface area contributed by atoms with Crippen molar-refractivity contribution in [3.05, 3.63) is 64.4 Å². The Morgan fingerprint density at radius 1 is 1.12 bits per heavy atom. The first-order valence-electron chi connectivity index (χ1n) is 10.6. The van der Waals surface area contributed by atoms with Crippen LogP contribution in [-0.4, -0.2) is 30.1 Å². The predicted molar refractivity (Wildman–Crippen MR) is 129 cm³/mol. The van der Waals surface area contributed by atoms with Crippen LogP contribution in [0.15, 0.2) is 52.0 Å². The van der Waals surface area contributed by atoms with Gasteiger partial charge in [0.15, 0.2) is 5.76 Å².